The Kier molecular flexibility index (Phi) is 9.88. The van der Waals surface area contributed by atoms with E-state index in [1.165, 1.54) is 6.08 Å². The Morgan fingerprint density at radius 3 is 2.58 bits per heavy atom. The van der Waals surface area contributed by atoms with Gasteiger partial charge in [-0.3, -0.25) is 14.8 Å². The van der Waals surface area contributed by atoms with E-state index in [0.717, 1.165) is 18.4 Å². The maximum absolute atomic E-state index is 11.6. The minimum atomic E-state index is -0.338. The minimum absolute atomic E-state index is 0.132. The van der Waals surface area contributed by atoms with Gasteiger partial charge in [-0.15, -0.1) is 0 Å². The monoisotopic (exact) mass is 330 g/mol. The number of rotatable bonds is 10. The van der Waals surface area contributed by atoms with Crippen LogP contribution in [0.1, 0.15) is 38.2 Å². The highest BCUT2D eigenvalue weighted by Crippen LogP contribution is 2.12. The second kappa shape index (κ2) is 12.1. The van der Waals surface area contributed by atoms with Crippen molar-refractivity contribution in [3.05, 3.63) is 54.1 Å². The number of unbranched alkanes of at least 4 members (excludes halogenated alkanes) is 1. The van der Waals surface area contributed by atoms with Gasteiger partial charge in [0.05, 0.1) is 0 Å². The second-order valence-electron chi connectivity index (χ2n) is 5.50. The van der Waals surface area contributed by atoms with E-state index in [9.17, 15) is 9.59 Å². The molecule has 0 aromatic heterocycles. The van der Waals surface area contributed by atoms with Gasteiger partial charge in [0.1, 0.15) is 0 Å². The van der Waals surface area contributed by atoms with Gasteiger partial charge in [-0.25, -0.2) is 5.48 Å². The van der Waals surface area contributed by atoms with E-state index in [1.807, 2.05) is 49.4 Å². The summed E-state index contributed by atoms with van der Waals surface area (Å²) in [6.07, 6.45) is 9.98. The molecule has 0 saturated heterocycles. The van der Waals surface area contributed by atoms with Crippen LogP contribution in [0.15, 0.2) is 48.6 Å². The van der Waals surface area contributed by atoms with Crippen LogP contribution in [0.2, 0.25) is 0 Å². The zero-order chi connectivity index (χ0) is 17.6. The Morgan fingerprint density at radius 1 is 1.17 bits per heavy atom. The average Bonchev–Trinajstić information content (AvgIpc) is 2.62. The molecule has 24 heavy (non-hydrogen) atoms. The van der Waals surface area contributed by atoms with Gasteiger partial charge in [0.2, 0.25) is 11.8 Å². The maximum atomic E-state index is 11.6. The maximum Gasteiger partial charge on any atom is 0.246 e. The van der Waals surface area contributed by atoms with Crippen molar-refractivity contribution in [1.82, 2.24) is 10.8 Å². The Labute approximate surface area is 143 Å². The lowest BCUT2D eigenvalue weighted by Crippen LogP contribution is -2.27. The topological polar surface area (TPSA) is 78.4 Å². The molecular weight excluding hydrogens is 304 g/mol. The highest BCUT2D eigenvalue weighted by molar-refractivity contribution is 5.87. The molecule has 1 atom stereocenters. The number of allylic oxidation sites excluding steroid dienone is 2. The van der Waals surface area contributed by atoms with E-state index in [4.69, 9.17) is 5.21 Å². The third kappa shape index (κ3) is 8.29. The summed E-state index contributed by atoms with van der Waals surface area (Å²) in [5.41, 5.74) is 2.77. The molecule has 0 radical (unpaired) electrons. The molecule has 0 heterocycles. The molecule has 5 nitrogen and oxygen atoms in total. The molecule has 0 spiro atoms. The Bertz CT molecular complexity index is 553. The molecule has 1 rings (SSSR count). The standard InChI is InChI=1S/C19H26N2O3/c1-2-17(19(23)21-24)13-8-9-15-20-18(22)14-7-6-12-16-10-4-3-5-11-16/h3-7,10-12,14,17,24H,2,8-9,13,15H2,1H3,(H,20,22)(H,21,23)/b12-6+,14-7+. The van der Waals surface area contributed by atoms with Crippen molar-refractivity contribution in [2.75, 3.05) is 6.54 Å². The van der Waals surface area contributed by atoms with Gasteiger partial charge in [-0.2, -0.15) is 0 Å². The Balaban J connectivity index is 2.16. The number of nitrogens with one attached hydrogen (secondary N) is 2. The first-order chi connectivity index (χ1) is 11.7. The van der Waals surface area contributed by atoms with Crippen molar-refractivity contribution in [3.8, 4) is 0 Å². The molecule has 130 valence electrons. The lowest BCUT2D eigenvalue weighted by molar-refractivity contribution is -0.133. The highest BCUT2D eigenvalue weighted by atomic mass is 16.5. The summed E-state index contributed by atoms with van der Waals surface area (Å²) >= 11 is 0. The Morgan fingerprint density at radius 2 is 1.92 bits per heavy atom. The largest absolute Gasteiger partial charge is 0.353 e. The van der Waals surface area contributed by atoms with Crippen LogP contribution in [0.3, 0.4) is 0 Å². The van der Waals surface area contributed by atoms with Gasteiger partial charge in [0.25, 0.3) is 0 Å². The zero-order valence-corrected chi connectivity index (χ0v) is 14.1. The van der Waals surface area contributed by atoms with Gasteiger partial charge in [0, 0.05) is 18.5 Å². The van der Waals surface area contributed by atoms with Crippen molar-refractivity contribution in [3.63, 3.8) is 0 Å². The summed E-state index contributed by atoms with van der Waals surface area (Å²) in [7, 11) is 0. The van der Waals surface area contributed by atoms with Crippen molar-refractivity contribution < 1.29 is 14.8 Å². The number of carbonyl (C=O) groups excluding carboxylic acids is 2. The second-order valence-corrected chi connectivity index (χ2v) is 5.50. The third-order valence-electron chi connectivity index (χ3n) is 3.70. The van der Waals surface area contributed by atoms with E-state index in [1.54, 1.807) is 11.6 Å². The molecule has 1 unspecified atom stereocenters. The number of hydrogen-bond donors (Lipinski definition) is 3. The van der Waals surface area contributed by atoms with E-state index in [0.29, 0.717) is 19.4 Å². The lowest BCUT2D eigenvalue weighted by Gasteiger charge is -2.11. The van der Waals surface area contributed by atoms with Crippen molar-refractivity contribution >= 4 is 17.9 Å². The van der Waals surface area contributed by atoms with Gasteiger partial charge in [0.15, 0.2) is 0 Å². The summed E-state index contributed by atoms with van der Waals surface area (Å²) in [5, 5.41) is 11.4. The van der Waals surface area contributed by atoms with Crippen LogP contribution in [-0.2, 0) is 9.59 Å². The summed E-state index contributed by atoms with van der Waals surface area (Å²) in [5.74, 6) is -0.642. The van der Waals surface area contributed by atoms with Gasteiger partial charge >= 0.3 is 0 Å². The smallest absolute Gasteiger partial charge is 0.246 e. The summed E-state index contributed by atoms with van der Waals surface area (Å²) in [4.78, 5) is 23.0. The first kappa shape index (κ1) is 19.6. The quantitative estimate of drug-likeness (QED) is 0.203. The third-order valence-corrected chi connectivity index (χ3v) is 3.70. The summed E-state index contributed by atoms with van der Waals surface area (Å²) in [6, 6.07) is 9.86. The average molecular weight is 330 g/mol. The molecule has 0 bridgehead atoms. The lowest BCUT2D eigenvalue weighted by atomic mass is 9.98. The van der Waals surface area contributed by atoms with E-state index in [-0.39, 0.29) is 17.7 Å². The van der Waals surface area contributed by atoms with Crippen molar-refractivity contribution in [2.24, 2.45) is 5.92 Å². The molecule has 3 N–H and O–H groups in total. The van der Waals surface area contributed by atoms with Gasteiger partial charge in [-0.1, -0.05) is 61.9 Å². The van der Waals surface area contributed by atoms with Crippen LogP contribution in [0, 0.1) is 5.92 Å². The van der Waals surface area contributed by atoms with Crippen LogP contribution in [0.4, 0.5) is 0 Å². The number of amides is 2. The molecule has 1 aromatic rings. The first-order valence-electron chi connectivity index (χ1n) is 8.29. The van der Waals surface area contributed by atoms with Crippen molar-refractivity contribution in [1.29, 1.82) is 0 Å². The van der Waals surface area contributed by atoms with E-state index < -0.39 is 0 Å². The molecule has 0 aliphatic heterocycles. The van der Waals surface area contributed by atoms with Crippen LogP contribution < -0.4 is 10.8 Å². The molecule has 0 saturated carbocycles. The fourth-order valence-electron chi connectivity index (χ4n) is 2.27. The van der Waals surface area contributed by atoms with E-state index in [2.05, 4.69) is 5.32 Å². The normalized spacial score (nSPS) is 12.4. The SMILES string of the molecule is CCC(CCCCNC(=O)/C=C/C=C/c1ccccc1)C(=O)NO. The van der Waals surface area contributed by atoms with Crippen molar-refractivity contribution in [2.45, 2.75) is 32.6 Å². The number of benzene rings is 1. The Hall–Kier alpha value is -2.40. The zero-order valence-electron chi connectivity index (χ0n) is 14.1. The van der Waals surface area contributed by atoms with Gasteiger partial charge < -0.3 is 5.32 Å². The van der Waals surface area contributed by atoms with Crippen LogP contribution in [0.25, 0.3) is 6.08 Å². The first-order valence-corrected chi connectivity index (χ1v) is 8.29. The summed E-state index contributed by atoms with van der Waals surface area (Å²) in [6.45, 7) is 2.48. The van der Waals surface area contributed by atoms with Crippen LogP contribution >= 0.6 is 0 Å². The molecule has 0 fully saturated rings. The van der Waals surface area contributed by atoms with E-state index >= 15 is 0 Å². The predicted octanol–water partition coefficient (Wildman–Crippen LogP) is 3.07. The predicted molar refractivity (Wildman–Crippen MR) is 95.2 cm³/mol. The van der Waals surface area contributed by atoms with Crippen LogP contribution in [-0.4, -0.2) is 23.6 Å². The fraction of sp³-hybridized carbons (Fsp3) is 0.368. The molecule has 5 heteroatoms. The highest BCUT2D eigenvalue weighted by Gasteiger charge is 2.14. The van der Waals surface area contributed by atoms with Gasteiger partial charge in [-0.05, 0) is 24.8 Å². The molecule has 2 amide bonds. The summed E-state index contributed by atoms with van der Waals surface area (Å²) < 4.78 is 0. The number of carbonyl (C=O) groups is 2. The van der Waals surface area contributed by atoms with Crippen LogP contribution in [0.5, 0.6) is 0 Å². The molecule has 0 aliphatic carbocycles. The molecular formula is C19H26N2O3. The fourth-order valence-corrected chi connectivity index (χ4v) is 2.27. The number of hydroxylamine groups is 1. The number of hydrogen-bond acceptors (Lipinski definition) is 3. The molecule has 1 aromatic carbocycles. The molecule has 0 aliphatic rings. The minimum Gasteiger partial charge on any atom is -0.353 e.